The van der Waals surface area contributed by atoms with E-state index in [1.54, 1.807) is 16.8 Å². The van der Waals surface area contributed by atoms with Gasteiger partial charge in [-0.2, -0.15) is 0 Å². The number of carbonyl (C=O) groups is 1. The van der Waals surface area contributed by atoms with E-state index in [0.717, 1.165) is 36.5 Å². The SMILES string of the molecule is Cc1c(C(=O)NC(C)C)nnn1-c1cccc2c1CCN(Cc1cccc(F)c1)C2. The Hall–Kier alpha value is -3.06. The molecule has 0 saturated carbocycles. The molecule has 2 aromatic carbocycles. The molecule has 0 fully saturated rings. The number of carbonyl (C=O) groups excluding carboxylic acids is 1. The number of aromatic nitrogens is 3. The van der Waals surface area contributed by atoms with Crippen molar-refractivity contribution >= 4 is 5.91 Å². The number of hydrogen-bond acceptors (Lipinski definition) is 4. The van der Waals surface area contributed by atoms with Gasteiger partial charge in [-0.3, -0.25) is 9.69 Å². The fraction of sp³-hybridized carbons (Fsp3) is 0.348. The molecule has 0 radical (unpaired) electrons. The Morgan fingerprint density at radius 1 is 1.23 bits per heavy atom. The van der Waals surface area contributed by atoms with Crippen LogP contribution < -0.4 is 5.32 Å². The minimum atomic E-state index is -0.209. The Balaban J connectivity index is 1.58. The molecule has 0 atom stereocenters. The molecule has 1 aliphatic rings. The average Bonchev–Trinajstić information content (AvgIpc) is 3.08. The molecule has 0 unspecified atom stereocenters. The number of hydrogen-bond donors (Lipinski definition) is 1. The molecule has 6 nitrogen and oxygen atoms in total. The summed E-state index contributed by atoms with van der Waals surface area (Å²) in [6.45, 7) is 8.07. The van der Waals surface area contributed by atoms with Gasteiger partial charge in [-0.1, -0.05) is 29.5 Å². The molecule has 1 amide bonds. The van der Waals surface area contributed by atoms with Gasteiger partial charge < -0.3 is 5.32 Å². The van der Waals surface area contributed by atoms with Gasteiger partial charge in [-0.25, -0.2) is 9.07 Å². The first-order valence-electron chi connectivity index (χ1n) is 10.2. The van der Waals surface area contributed by atoms with Crippen LogP contribution in [-0.2, 0) is 19.5 Å². The van der Waals surface area contributed by atoms with E-state index >= 15 is 0 Å². The molecule has 2 heterocycles. The number of halogens is 1. The highest BCUT2D eigenvalue weighted by Crippen LogP contribution is 2.27. The molecule has 1 N–H and O–H groups in total. The first-order chi connectivity index (χ1) is 14.4. The number of rotatable bonds is 5. The highest BCUT2D eigenvalue weighted by molar-refractivity contribution is 5.93. The van der Waals surface area contributed by atoms with Crippen LogP contribution >= 0.6 is 0 Å². The van der Waals surface area contributed by atoms with Crippen molar-refractivity contribution in [3.63, 3.8) is 0 Å². The van der Waals surface area contributed by atoms with Crippen molar-refractivity contribution in [1.29, 1.82) is 0 Å². The average molecular weight is 407 g/mol. The molecule has 156 valence electrons. The summed E-state index contributed by atoms with van der Waals surface area (Å²) in [5.74, 6) is -0.411. The highest BCUT2D eigenvalue weighted by Gasteiger charge is 2.23. The van der Waals surface area contributed by atoms with Crippen LogP contribution in [0.2, 0.25) is 0 Å². The van der Waals surface area contributed by atoms with Crippen molar-refractivity contribution in [1.82, 2.24) is 25.2 Å². The molecular formula is C23H26FN5O. The fourth-order valence-electron chi connectivity index (χ4n) is 3.97. The van der Waals surface area contributed by atoms with Gasteiger partial charge in [0.25, 0.3) is 5.91 Å². The third kappa shape index (κ3) is 4.11. The van der Waals surface area contributed by atoms with Crippen LogP contribution in [0, 0.1) is 12.7 Å². The maximum absolute atomic E-state index is 13.5. The molecule has 0 bridgehead atoms. The molecule has 0 saturated heterocycles. The number of benzene rings is 2. The topological polar surface area (TPSA) is 63.1 Å². The van der Waals surface area contributed by atoms with E-state index in [2.05, 4.69) is 26.6 Å². The van der Waals surface area contributed by atoms with Crippen LogP contribution in [0.3, 0.4) is 0 Å². The van der Waals surface area contributed by atoms with E-state index in [1.807, 2.05) is 39.0 Å². The number of nitrogens with one attached hydrogen (secondary N) is 1. The van der Waals surface area contributed by atoms with Crippen molar-refractivity contribution in [2.24, 2.45) is 0 Å². The summed E-state index contributed by atoms with van der Waals surface area (Å²) in [5.41, 5.74) is 5.46. The molecule has 30 heavy (non-hydrogen) atoms. The third-order valence-electron chi connectivity index (χ3n) is 5.37. The Morgan fingerprint density at radius 3 is 2.80 bits per heavy atom. The van der Waals surface area contributed by atoms with Gasteiger partial charge >= 0.3 is 0 Å². The van der Waals surface area contributed by atoms with Gasteiger partial charge in [0.05, 0.1) is 11.4 Å². The predicted molar refractivity (Wildman–Crippen MR) is 113 cm³/mol. The van der Waals surface area contributed by atoms with Crippen LogP contribution in [0.1, 0.15) is 46.7 Å². The minimum Gasteiger partial charge on any atom is -0.348 e. The summed E-state index contributed by atoms with van der Waals surface area (Å²) >= 11 is 0. The molecule has 0 spiro atoms. The first-order valence-corrected chi connectivity index (χ1v) is 10.2. The van der Waals surface area contributed by atoms with Gasteiger partial charge in [0.15, 0.2) is 5.69 Å². The monoisotopic (exact) mass is 407 g/mol. The fourth-order valence-corrected chi connectivity index (χ4v) is 3.97. The summed E-state index contributed by atoms with van der Waals surface area (Å²) in [7, 11) is 0. The number of nitrogens with zero attached hydrogens (tertiary/aromatic N) is 4. The zero-order valence-corrected chi connectivity index (χ0v) is 17.5. The zero-order chi connectivity index (χ0) is 21.3. The quantitative estimate of drug-likeness (QED) is 0.704. The maximum atomic E-state index is 13.5. The van der Waals surface area contributed by atoms with E-state index in [4.69, 9.17) is 0 Å². The lowest BCUT2D eigenvalue weighted by Gasteiger charge is -2.30. The second-order valence-corrected chi connectivity index (χ2v) is 8.07. The van der Waals surface area contributed by atoms with Crippen LogP contribution in [0.15, 0.2) is 42.5 Å². The van der Waals surface area contributed by atoms with E-state index < -0.39 is 0 Å². The van der Waals surface area contributed by atoms with E-state index in [-0.39, 0.29) is 17.8 Å². The van der Waals surface area contributed by atoms with Crippen LogP contribution in [0.5, 0.6) is 0 Å². The van der Waals surface area contributed by atoms with Crippen molar-refractivity contribution < 1.29 is 9.18 Å². The van der Waals surface area contributed by atoms with Crippen LogP contribution in [-0.4, -0.2) is 38.4 Å². The summed E-state index contributed by atoms with van der Waals surface area (Å²) in [5, 5.41) is 11.3. The summed E-state index contributed by atoms with van der Waals surface area (Å²) in [6.07, 6.45) is 0.855. The molecule has 3 aromatic rings. The Kier molecular flexibility index (Phi) is 5.63. The van der Waals surface area contributed by atoms with Crippen molar-refractivity contribution in [3.05, 3.63) is 76.4 Å². The van der Waals surface area contributed by atoms with Gasteiger partial charge in [-0.15, -0.1) is 5.10 Å². The molecular weight excluding hydrogens is 381 g/mol. The van der Waals surface area contributed by atoms with Crippen molar-refractivity contribution in [2.45, 2.75) is 46.3 Å². The predicted octanol–water partition coefficient (Wildman–Crippen LogP) is 3.41. The first kappa shape index (κ1) is 20.2. The second-order valence-electron chi connectivity index (χ2n) is 8.07. The summed E-state index contributed by atoms with van der Waals surface area (Å²) in [6, 6.07) is 13.0. The van der Waals surface area contributed by atoms with Crippen LogP contribution in [0.4, 0.5) is 4.39 Å². The minimum absolute atomic E-state index is 0.0376. The molecule has 1 aliphatic heterocycles. The normalized spacial score (nSPS) is 14.0. The van der Waals surface area contributed by atoms with Crippen molar-refractivity contribution in [2.75, 3.05) is 6.54 Å². The van der Waals surface area contributed by atoms with Gasteiger partial charge in [-0.05, 0) is 62.1 Å². The summed E-state index contributed by atoms with van der Waals surface area (Å²) < 4.78 is 15.3. The van der Waals surface area contributed by atoms with Crippen molar-refractivity contribution in [3.8, 4) is 5.69 Å². The number of amides is 1. The number of fused-ring (bicyclic) bond motifs is 1. The smallest absolute Gasteiger partial charge is 0.273 e. The molecule has 1 aromatic heterocycles. The Labute approximate surface area is 175 Å². The molecule has 0 aliphatic carbocycles. The standard InChI is InChI=1S/C23H26FN5O/c1-15(2)25-23(30)22-16(3)29(27-26-22)21-9-5-7-18-14-28(11-10-20(18)21)13-17-6-4-8-19(24)12-17/h4-9,12,15H,10-11,13-14H2,1-3H3,(H,25,30). The Morgan fingerprint density at radius 2 is 2.03 bits per heavy atom. The summed E-state index contributed by atoms with van der Waals surface area (Å²) in [4.78, 5) is 14.7. The lowest BCUT2D eigenvalue weighted by molar-refractivity contribution is 0.0937. The lowest BCUT2D eigenvalue weighted by atomic mass is 9.97. The van der Waals surface area contributed by atoms with Gasteiger partial charge in [0, 0.05) is 25.7 Å². The Bertz CT molecular complexity index is 1080. The third-order valence-corrected chi connectivity index (χ3v) is 5.37. The van der Waals surface area contributed by atoms with E-state index in [0.29, 0.717) is 12.2 Å². The largest absolute Gasteiger partial charge is 0.348 e. The van der Waals surface area contributed by atoms with E-state index in [1.165, 1.54) is 17.2 Å². The van der Waals surface area contributed by atoms with Crippen LogP contribution in [0.25, 0.3) is 5.69 Å². The molecule has 7 heteroatoms. The molecule has 4 rings (SSSR count). The van der Waals surface area contributed by atoms with Gasteiger partial charge in [0.1, 0.15) is 5.82 Å². The van der Waals surface area contributed by atoms with Gasteiger partial charge in [0.2, 0.25) is 0 Å². The van der Waals surface area contributed by atoms with E-state index in [9.17, 15) is 9.18 Å². The maximum Gasteiger partial charge on any atom is 0.273 e. The second kappa shape index (κ2) is 8.36. The highest BCUT2D eigenvalue weighted by atomic mass is 19.1. The zero-order valence-electron chi connectivity index (χ0n) is 17.5. The lowest BCUT2D eigenvalue weighted by Crippen LogP contribution is -2.31.